The lowest BCUT2D eigenvalue weighted by Gasteiger charge is -2.16. The maximum absolute atomic E-state index is 10.4. The van der Waals surface area contributed by atoms with Crippen molar-refractivity contribution < 1.29 is 59.4 Å². The first-order valence-corrected chi connectivity index (χ1v) is 6.19. The zero-order valence-electron chi connectivity index (χ0n) is 12.3. The number of carbonyl (C=O) groups is 6. The molecule has 6 N–H and O–H groups in total. The van der Waals surface area contributed by atoms with Crippen LogP contribution in [0.3, 0.4) is 0 Å². The molecule has 0 fully saturated rings. The van der Waals surface area contributed by atoms with Crippen LogP contribution in [0.1, 0.15) is 26.2 Å². The molecule has 0 rings (SSSR count). The molecule has 0 saturated carbocycles. The summed E-state index contributed by atoms with van der Waals surface area (Å²) >= 11 is 0. The highest BCUT2D eigenvalue weighted by Crippen LogP contribution is 2.22. The fourth-order valence-electron chi connectivity index (χ4n) is 1.40. The highest BCUT2D eigenvalue weighted by molar-refractivity contribution is 6.16. The van der Waals surface area contributed by atoms with E-state index in [1.807, 2.05) is 0 Å². The molecule has 0 atom stereocenters. The van der Waals surface area contributed by atoms with Crippen molar-refractivity contribution in [3.05, 3.63) is 0 Å². The van der Waals surface area contributed by atoms with Crippen molar-refractivity contribution in [2.24, 2.45) is 11.3 Å². The minimum atomic E-state index is -2.71. The molecule has 0 amide bonds. The number of hydrogen-bond acceptors (Lipinski definition) is 6. The second-order valence-corrected chi connectivity index (χ2v) is 4.41. The molecule has 12 nitrogen and oxygen atoms in total. The van der Waals surface area contributed by atoms with Gasteiger partial charge in [0.25, 0.3) is 5.41 Å². The summed E-state index contributed by atoms with van der Waals surface area (Å²) in [5, 5.41) is 49.9. The van der Waals surface area contributed by atoms with Gasteiger partial charge in [-0.2, -0.15) is 0 Å². The number of carboxylic acid groups (broad SMARTS) is 6. The van der Waals surface area contributed by atoms with Crippen LogP contribution >= 0.6 is 0 Å². The summed E-state index contributed by atoms with van der Waals surface area (Å²) in [6, 6.07) is 0. The zero-order valence-corrected chi connectivity index (χ0v) is 12.3. The normalized spacial score (nSPS) is 10.2. The van der Waals surface area contributed by atoms with E-state index < -0.39 is 66.4 Å². The summed E-state index contributed by atoms with van der Waals surface area (Å²) < 4.78 is 0. The molecular weight excluding hydrogens is 336 g/mol. The minimum Gasteiger partial charge on any atom is -0.481 e. The van der Waals surface area contributed by atoms with Crippen molar-refractivity contribution >= 4 is 35.8 Å². The molecule has 0 aromatic carbocycles. The second-order valence-electron chi connectivity index (χ2n) is 4.41. The summed E-state index contributed by atoms with van der Waals surface area (Å²) in [4.78, 5) is 61.4. The highest BCUT2D eigenvalue weighted by Gasteiger charge is 2.52. The Morgan fingerprint density at radius 2 is 1.00 bits per heavy atom. The molecule has 0 bridgehead atoms. The van der Waals surface area contributed by atoms with E-state index in [-0.39, 0.29) is 0 Å². The van der Waals surface area contributed by atoms with Gasteiger partial charge in [0.15, 0.2) is 0 Å². The largest absolute Gasteiger partial charge is 0.481 e. The predicted molar refractivity (Wildman–Crippen MR) is 71.3 cm³/mol. The van der Waals surface area contributed by atoms with Crippen molar-refractivity contribution in [3.8, 4) is 0 Å². The Hall–Kier alpha value is -3.18. The molecule has 0 saturated heterocycles. The Bertz CT molecular complexity index is 482. The first kappa shape index (κ1) is 23.1. The van der Waals surface area contributed by atoms with Gasteiger partial charge in [-0.3, -0.25) is 28.8 Å². The average molecular weight is 352 g/mol. The van der Waals surface area contributed by atoms with Crippen LogP contribution in [-0.2, 0) is 28.8 Å². The highest BCUT2D eigenvalue weighted by atomic mass is 16.4. The third-order valence-electron chi connectivity index (χ3n) is 2.82. The van der Waals surface area contributed by atoms with Crippen molar-refractivity contribution in [2.45, 2.75) is 26.2 Å². The minimum absolute atomic E-state index is 0.493. The van der Waals surface area contributed by atoms with Crippen molar-refractivity contribution in [3.63, 3.8) is 0 Å². The fraction of sp³-hybridized carbons (Fsp3) is 0.500. The lowest BCUT2D eigenvalue weighted by molar-refractivity contribution is -0.175. The van der Waals surface area contributed by atoms with E-state index in [1.165, 1.54) is 6.92 Å². The lowest BCUT2D eigenvalue weighted by Crippen LogP contribution is -2.45. The molecule has 0 heterocycles. The smallest absolute Gasteiger partial charge is 0.332 e. The number of rotatable bonds is 9. The van der Waals surface area contributed by atoms with Gasteiger partial charge >= 0.3 is 35.8 Å². The Labute approximate surface area is 133 Å². The molecule has 0 unspecified atom stereocenters. The van der Waals surface area contributed by atoms with Crippen LogP contribution in [-0.4, -0.2) is 66.5 Å². The van der Waals surface area contributed by atoms with Gasteiger partial charge in [-0.25, -0.2) is 0 Å². The van der Waals surface area contributed by atoms with E-state index in [1.54, 1.807) is 0 Å². The van der Waals surface area contributed by atoms with Gasteiger partial charge in [-0.05, 0) is 6.42 Å². The van der Waals surface area contributed by atoms with Crippen LogP contribution in [0.4, 0.5) is 0 Å². The standard InChI is InChI=1S/2C6H8O6/c7-4(8)1-3(6(11)12)2-5(9)10;1-2-6(3(7)8,4(9)10)5(11)12/h3H,1-2H2,(H,7,8)(H,9,10)(H,11,12);2H2,1H3,(H,7,8)(H,9,10)(H,11,12). The van der Waals surface area contributed by atoms with E-state index in [9.17, 15) is 28.8 Å². The summed E-state index contributed by atoms with van der Waals surface area (Å²) in [6.45, 7) is 1.19. The molecule has 0 aliphatic rings. The van der Waals surface area contributed by atoms with Gasteiger partial charge in [0, 0.05) is 0 Å². The Morgan fingerprint density at radius 1 is 0.708 bits per heavy atom. The van der Waals surface area contributed by atoms with Gasteiger partial charge in [0.05, 0.1) is 18.8 Å². The van der Waals surface area contributed by atoms with Crippen molar-refractivity contribution in [1.29, 1.82) is 0 Å². The van der Waals surface area contributed by atoms with E-state index in [0.29, 0.717) is 0 Å². The summed E-state index contributed by atoms with van der Waals surface area (Å²) in [7, 11) is 0. The SMILES string of the molecule is CCC(C(=O)O)(C(=O)O)C(=O)O.O=C(O)CC(CC(=O)O)C(=O)O. The van der Waals surface area contributed by atoms with Crippen LogP contribution in [0.2, 0.25) is 0 Å². The summed E-state index contributed by atoms with van der Waals surface area (Å²) in [5.74, 6) is -11.0. The van der Waals surface area contributed by atoms with E-state index in [4.69, 9.17) is 30.6 Å². The van der Waals surface area contributed by atoms with Crippen LogP contribution in [0, 0.1) is 11.3 Å². The molecule has 0 aromatic heterocycles. The zero-order chi connectivity index (χ0) is 19.7. The van der Waals surface area contributed by atoms with Gasteiger partial charge in [-0.15, -0.1) is 0 Å². The maximum Gasteiger partial charge on any atom is 0.332 e. The predicted octanol–water partition coefficient (Wildman–Crippen LogP) is -0.727. The van der Waals surface area contributed by atoms with Gasteiger partial charge < -0.3 is 30.6 Å². The molecule has 24 heavy (non-hydrogen) atoms. The number of hydrogen-bond donors (Lipinski definition) is 6. The van der Waals surface area contributed by atoms with Crippen LogP contribution in [0.25, 0.3) is 0 Å². The average Bonchev–Trinajstić information content (AvgIpc) is 2.37. The van der Waals surface area contributed by atoms with E-state index >= 15 is 0 Å². The van der Waals surface area contributed by atoms with Gasteiger partial charge in [0.2, 0.25) is 0 Å². The first-order chi connectivity index (χ1) is 10.8. The summed E-state index contributed by atoms with van der Waals surface area (Å²) in [5.41, 5.74) is -2.71. The van der Waals surface area contributed by atoms with Crippen molar-refractivity contribution in [2.75, 3.05) is 0 Å². The number of carboxylic acids is 6. The van der Waals surface area contributed by atoms with Gasteiger partial charge in [0.1, 0.15) is 0 Å². The van der Waals surface area contributed by atoms with Gasteiger partial charge in [-0.1, -0.05) is 6.92 Å². The quantitative estimate of drug-likeness (QED) is 0.282. The topological polar surface area (TPSA) is 224 Å². The van der Waals surface area contributed by atoms with Crippen LogP contribution < -0.4 is 0 Å². The molecule has 0 aliphatic heterocycles. The third-order valence-corrected chi connectivity index (χ3v) is 2.82. The maximum atomic E-state index is 10.4. The summed E-state index contributed by atoms with van der Waals surface area (Å²) in [6.07, 6.45) is -1.82. The monoisotopic (exact) mass is 352 g/mol. The van der Waals surface area contributed by atoms with Crippen LogP contribution in [0.5, 0.6) is 0 Å². The lowest BCUT2D eigenvalue weighted by atomic mass is 9.85. The van der Waals surface area contributed by atoms with E-state index in [2.05, 4.69) is 0 Å². The first-order valence-electron chi connectivity index (χ1n) is 6.19. The molecule has 0 radical (unpaired) electrons. The fourth-order valence-corrected chi connectivity index (χ4v) is 1.40. The molecule has 0 spiro atoms. The van der Waals surface area contributed by atoms with E-state index in [0.717, 1.165) is 0 Å². The number of aliphatic carboxylic acids is 6. The Balaban J connectivity index is 0. The molecule has 0 aliphatic carbocycles. The molecule has 0 aromatic rings. The molecular formula is C12H16O12. The van der Waals surface area contributed by atoms with Crippen molar-refractivity contribution in [1.82, 2.24) is 0 Å². The molecule has 136 valence electrons. The Morgan fingerprint density at radius 3 is 1.08 bits per heavy atom. The molecule has 12 heteroatoms. The third kappa shape index (κ3) is 6.72. The Kier molecular flexibility index (Phi) is 9.39. The van der Waals surface area contributed by atoms with Crippen LogP contribution in [0.15, 0.2) is 0 Å². The second kappa shape index (κ2) is 9.76.